The smallest absolute Gasteiger partial charge is 0.254 e. The largest absolute Gasteiger partial charge is 0.352 e. The highest BCUT2D eigenvalue weighted by molar-refractivity contribution is 5.93. The van der Waals surface area contributed by atoms with E-state index in [9.17, 15) is 9.59 Å². The number of carbonyl (C=O) groups is 2. The minimum Gasteiger partial charge on any atom is -0.352 e. The molecule has 21 heavy (non-hydrogen) atoms. The van der Waals surface area contributed by atoms with Gasteiger partial charge in [-0.15, -0.1) is 0 Å². The lowest BCUT2D eigenvalue weighted by molar-refractivity contribution is -0.133. The van der Waals surface area contributed by atoms with E-state index in [1.165, 1.54) is 6.42 Å². The molecule has 1 saturated heterocycles. The lowest BCUT2D eigenvalue weighted by Gasteiger charge is -2.28. The number of piperidine rings is 1. The fourth-order valence-electron chi connectivity index (χ4n) is 2.83. The highest BCUT2D eigenvalue weighted by Gasteiger charge is 2.24. The Morgan fingerprint density at radius 1 is 1.43 bits per heavy atom. The van der Waals surface area contributed by atoms with Gasteiger partial charge in [0.2, 0.25) is 5.91 Å². The van der Waals surface area contributed by atoms with Crippen LogP contribution in [0.2, 0.25) is 0 Å². The standard InChI is InChI=1S/C15H22N4O2/c1-18-6-5-11(7-14(18)20)8-16-15(21)12-9-17-19(10-12)13-3-2-4-13/h9-11,13H,2-8H2,1H3,(H,16,21). The monoisotopic (exact) mass is 290 g/mol. The van der Waals surface area contributed by atoms with Crippen LogP contribution >= 0.6 is 0 Å². The van der Waals surface area contributed by atoms with E-state index < -0.39 is 0 Å². The fraction of sp³-hybridized carbons (Fsp3) is 0.667. The zero-order chi connectivity index (χ0) is 14.8. The molecule has 0 spiro atoms. The topological polar surface area (TPSA) is 67.2 Å². The number of carbonyl (C=O) groups excluding carboxylic acids is 2. The molecular formula is C15H22N4O2. The zero-order valence-corrected chi connectivity index (χ0v) is 12.4. The summed E-state index contributed by atoms with van der Waals surface area (Å²) in [5.74, 6) is 0.324. The number of likely N-dealkylation sites (tertiary alicyclic amines) is 1. The van der Waals surface area contributed by atoms with E-state index in [4.69, 9.17) is 0 Å². The molecule has 0 bridgehead atoms. The number of nitrogens with one attached hydrogen (secondary N) is 1. The molecular weight excluding hydrogens is 268 g/mol. The molecule has 3 rings (SSSR count). The third kappa shape index (κ3) is 3.09. The summed E-state index contributed by atoms with van der Waals surface area (Å²) in [7, 11) is 1.83. The maximum atomic E-state index is 12.1. The van der Waals surface area contributed by atoms with Gasteiger partial charge < -0.3 is 10.2 Å². The minimum absolute atomic E-state index is 0.0908. The Balaban J connectivity index is 1.49. The Labute approximate surface area is 124 Å². The van der Waals surface area contributed by atoms with Crippen molar-refractivity contribution in [2.45, 2.75) is 38.1 Å². The van der Waals surface area contributed by atoms with E-state index in [-0.39, 0.29) is 17.7 Å². The minimum atomic E-state index is -0.0908. The summed E-state index contributed by atoms with van der Waals surface area (Å²) in [6, 6.07) is 0.470. The van der Waals surface area contributed by atoms with Crippen molar-refractivity contribution < 1.29 is 9.59 Å². The second kappa shape index (κ2) is 5.87. The number of rotatable bonds is 4. The Kier molecular flexibility index (Phi) is 3.94. The van der Waals surface area contributed by atoms with Crippen LogP contribution in [0.25, 0.3) is 0 Å². The van der Waals surface area contributed by atoms with E-state index in [1.807, 2.05) is 17.9 Å². The van der Waals surface area contributed by atoms with Crippen molar-refractivity contribution in [3.63, 3.8) is 0 Å². The molecule has 2 aliphatic rings. The van der Waals surface area contributed by atoms with Crippen LogP contribution in [-0.4, -0.2) is 46.6 Å². The van der Waals surface area contributed by atoms with Crippen LogP contribution in [0.4, 0.5) is 0 Å². The lowest BCUT2D eigenvalue weighted by atomic mass is 9.93. The Morgan fingerprint density at radius 2 is 2.24 bits per heavy atom. The van der Waals surface area contributed by atoms with Crippen LogP contribution in [0.1, 0.15) is 48.5 Å². The molecule has 1 atom stereocenters. The van der Waals surface area contributed by atoms with E-state index in [0.29, 0.717) is 24.6 Å². The number of nitrogens with zero attached hydrogens (tertiary/aromatic N) is 3. The van der Waals surface area contributed by atoms with E-state index in [2.05, 4.69) is 10.4 Å². The van der Waals surface area contributed by atoms with Crippen molar-refractivity contribution in [1.82, 2.24) is 20.0 Å². The van der Waals surface area contributed by atoms with E-state index in [0.717, 1.165) is 25.8 Å². The summed E-state index contributed by atoms with van der Waals surface area (Å²) in [5.41, 5.74) is 0.612. The summed E-state index contributed by atoms with van der Waals surface area (Å²) < 4.78 is 1.90. The summed E-state index contributed by atoms with van der Waals surface area (Å²) in [4.78, 5) is 25.5. The van der Waals surface area contributed by atoms with Crippen LogP contribution in [-0.2, 0) is 4.79 Å². The van der Waals surface area contributed by atoms with Crippen LogP contribution in [0.3, 0.4) is 0 Å². The van der Waals surface area contributed by atoms with Gasteiger partial charge >= 0.3 is 0 Å². The van der Waals surface area contributed by atoms with Crippen molar-refractivity contribution in [1.29, 1.82) is 0 Å². The second-order valence-electron chi connectivity index (χ2n) is 6.18. The van der Waals surface area contributed by atoms with E-state index >= 15 is 0 Å². The molecule has 1 saturated carbocycles. The van der Waals surface area contributed by atoms with Gasteiger partial charge in [0.05, 0.1) is 17.8 Å². The van der Waals surface area contributed by atoms with Crippen molar-refractivity contribution in [2.24, 2.45) is 5.92 Å². The predicted molar refractivity (Wildman–Crippen MR) is 77.8 cm³/mol. The average Bonchev–Trinajstić information content (AvgIpc) is 2.87. The van der Waals surface area contributed by atoms with E-state index in [1.54, 1.807) is 11.1 Å². The number of amides is 2. The summed E-state index contributed by atoms with van der Waals surface area (Å²) >= 11 is 0. The second-order valence-corrected chi connectivity index (χ2v) is 6.18. The first-order valence-electron chi connectivity index (χ1n) is 7.70. The molecule has 1 aliphatic heterocycles. The molecule has 1 aromatic heterocycles. The maximum Gasteiger partial charge on any atom is 0.254 e. The molecule has 0 radical (unpaired) electrons. The molecule has 114 valence electrons. The van der Waals surface area contributed by atoms with Gasteiger partial charge in [-0.3, -0.25) is 14.3 Å². The van der Waals surface area contributed by atoms with Gasteiger partial charge in [-0.2, -0.15) is 5.10 Å². The highest BCUT2D eigenvalue weighted by Crippen LogP contribution is 2.30. The van der Waals surface area contributed by atoms with Gasteiger partial charge in [0, 0.05) is 32.8 Å². The lowest BCUT2D eigenvalue weighted by Crippen LogP contribution is -2.40. The summed E-state index contributed by atoms with van der Waals surface area (Å²) in [5, 5.41) is 7.20. The molecule has 1 unspecified atom stereocenters. The van der Waals surface area contributed by atoms with Crippen LogP contribution in [0.15, 0.2) is 12.4 Å². The number of aromatic nitrogens is 2. The molecule has 6 nitrogen and oxygen atoms in total. The molecule has 2 heterocycles. The molecule has 2 amide bonds. The van der Waals surface area contributed by atoms with Crippen molar-refractivity contribution in [2.75, 3.05) is 20.1 Å². The quantitative estimate of drug-likeness (QED) is 0.906. The average molecular weight is 290 g/mol. The number of hydrogen-bond acceptors (Lipinski definition) is 3. The Hall–Kier alpha value is -1.85. The van der Waals surface area contributed by atoms with Crippen molar-refractivity contribution in [3.8, 4) is 0 Å². The van der Waals surface area contributed by atoms with Gasteiger partial charge in [-0.25, -0.2) is 0 Å². The zero-order valence-electron chi connectivity index (χ0n) is 12.4. The SMILES string of the molecule is CN1CCC(CNC(=O)c2cnn(C3CCC3)c2)CC1=O. The van der Waals surface area contributed by atoms with Gasteiger partial charge in [0.1, 0.15) is 0 Å². The fourth-order valence-corrected chi connectivity index (χ4v) is 2.83. The first-order valence-corrected chi connectivity index (χ1v) is 7.70. The summed E-state index contributed by atoms with van der Waals surface area (Å²) in [6.07, 6.45) is 8.49. The van der Waals surface area contributed by atoms with Crippen LogP contribution < -0.4 is 5.32 Å². The first-order chi connectivity index (χ1) is 10.1. The molecule has 2 fully saturated rings. The predicted octanol–water partition coefficient (Wildman–Crippen LogP) is 1.21. The first kappa shape index (κ1) is 14.1. The van der Waals surface area contributed by atoms with Gasteiger partial charge in [0.15, 0.2) is 0 Å². The van der Waals surface area contributed by atoms with Crippen LogP contribution in [0.5, 0.6) is 0 Å². The third-order valence-electron chi connectivity index (χ3n) is 4.63. The third-order valence-corrected chi connectivity index (χ3v) is 4.63. The van der Waals surface area contributed by atoms with Gasteiger partial charge in [0.25, 0.3) is 5.91 Å². The van der Waals surface area contributed by atoms with Crippen molar-refractivity contribution in [3.05, 3.63) is 18.0 Å². The Morgan fingerprint density at radius 3 is 2.90 bits per heavy atom. The molecule has 1 N–H and O–H groups in total. The summed E-state index contributed by atoms with van der Waals surface area (Å²) in [6.45, 7) is 1.34. The van der Waals surface area contributed by atoms with Gasteiger partial charge in [-0.05, 0) is 31.6 Å². The molecule has 1 aromatic rings. The van der Waals surface area contributed by atoms with Crippen LogP contribution in [0, 0.1) is 5.92 Å². The molecule has 1 aliphatic carbocycles. The van der Waals surface area contributed by atoms with Crippen molar-refractivity contribution >= 4 is 11.8 Å². The normalized spacial score (nSPS) is 23.0. The molecule has 0 aromatic carbocycles. The maximum absolute atomic E-state index is 12.1. The highest BCUT2D eigenvalue weighted by atomic mass is 16.2. The molecule has 6 heteroatoms. The van der Waals surface area contributed by atoms with Gasteiger partial charge in [-0.1, -0.05) is 0 Å². The number of hydrogen-bond donors (Lipinski definition) is 1. The Bertz CT molecular complexity index is 536.